The van der Waals surface area contributed by atoms with E-state index in [4.69, 9.17) is 10.00 Å². The first kappa shape index (κ1) is 17.6. The highest BCUT2D eigenvalue weighted by Gasteiger charge is 2.12. The summed E-state index contributed by atoms with van der Waals surface area (Å²) in [6.45, 7) is -0.294. The van der Waals surface area contributed by atoms with Crippen molar-refractivity contribution in [2.75, 3.05) is 11.9 Å². The second kappa shape index (κ2) is 7.79. The molecule has 0 aliphatic heterocycles. The fourth-order valence-electron chi connectivity index (χ4n) is 2.33. The molecule has 2 aromatic carbocycles. The van der Waals surface area contributed by atoms with Gasteiger partial charge in [-0.25, -0.2) is 0 Å². The van der Waals surface area contributed by atoms with Crippen molar-refractivity contribution < 1.29 is 14.5 Å². The molecular formula is C18H13N5O4. The lowest BCUT2D eigenvalue weighted by atomic mass is 10.1. The van der Waals surface area contributed by atoms with Gasteiger partial charge in [0.15, 0.2) is 12.4 Å². The number of rotatable bonds is 6. The number of para-hydroxylation sites is 1. The van der Waals surface area contributed by atoms with E-state index in [1.54, 1.807) is 42.5 Å². The van der Waals surface area contributed by atoms with Gasteiger partial charge < -0.3 is 10.1 Å². The van der Waals surface area contributed by atoms with E-state index in [1.165, 1.54) is 12.1 Å². The van der Waals surface area contributed by atoms with Crippen LogP contribution in [0.3, 0.4) is 0 Å². The fourth-order valence-corrected chi connectivity index (χ4v) is 2.33. The molecular weight excluding hydrogens is 350 g/mol. The van der Waals surface area contributed by atoms with Gasteiger partial charge in [-0.1, -0.05) is 24.3 Å². The smallest absolute Gasteiger partial charge is 0.270 e. The van der Waals surface area contributed by atoms with E-state index in [2.05, 4.69) is 15.5 Å². The third-order valence-corrected chi connectivity index (χ3v) is 3.58. The molecule has 0 saturated heterocycles. The molecule has 9 nitrogen and oxygen atoms in total. The number of H-pyrrole nitrogens is 1. The first-order valence-corrected chi connectivity index (χ1v) is 7.79. The fraction of sp³-hybridized carbons (Fsp3) is 0.0556. The minimum atomic E-state index is -0.487. The second-order valence-electron chi connectivity index (χ2n) is 5.42. The molecule has 3 rings (SSSR count). The quantitative estimate of drug-likeness (QED) is 0.511. The van der Waals surface area contributed by atoms with E-state index in [0.29, 0.717) is 22.6 Å². The molecule has 0 atom stereocenters. The van der Waals surface area contributed by atoms with E-state index in [1.807, 2.05) is 6.07 Å². The third-order valence-electron chi connectivity index (χ3n) is 3.58. The predicted octanol–water partition coefficient (Wildman–Crippen LogP) is 2.87. The number of nitro benzene ring substituents is 1. The third kappa shape index (κ3) is 4.26. The number of nitro groups is 1. The van der Waals surface area contributed by atoms with Crippen LogP contribution < -0.4 is 10.1 Å². The molecule has 1 amide bonds. The Balaban J connectivity index is 1.64. The predicted molar refractivity (Wildman–Crippen MR) is 96.0 cm³/mol. The Morgan fingerprint density at radius 3 is 2.85 bits per heavy atom. The molecule has 2 N–H and O–H groups in total. The molecule has 0 fully saturated rings. The molecule has 3 aromatic rings. The molecule has 9 heteroatoms. The number of carbonyl (C=O) groups is 1. The van der Waals surface area contributed by atoms with Gasteiger partial charge in [-0.2, -0.15) is 10.4 Å². The Morgan fingerprint density at radius 1 is 1.26 bits per heavy atom. The minimum Gasteiger partial charge on any atom is -0.482 e. The van der Waals surface area contributed by atoms with Gasteiger partial charge in [-0.05, 0) is 12.1 Å². The van der Waals surface area contributed by atoms with Crippen LogP contribution in [0, 0.1) is 21.4 Å². The average molecular weight is 363 g/mol. The molecule has 0 aliphatic rings. The summed E-state index contributed by atoms with van der Waals surface area (Å²) in [5, 5.41) is 29.1. The summed E-state index contributed by atoms with van der Waals surface area (Å²) in [4.78, 5) is 22.4. The van der Waals surface area contributed by atoms with Crippen molar-refractivity contribution >= 4 is 17.4 Å². The highest BCUT2D eigenvalue weighted by molar-refractivity contribution is 5.91. The van der Waals surface area contributed by atoms with Crippen LogP contribution in [0.1, 0.15) is 5.56 Å². The van der Waals surface area contributed by atoms with Crippen molar-refractivity contribution in [1.82, 2.24) is 10.2 Å². The van der Waals surface area contributed by atoms with Crippen molar-refractivity contribution in [2.45, 2.75) is 0 Å². The number of amides is 1. The molecule has 0 aliphatic carbocycles. The van der Waals surface area contributed by atoms with Gasteiger partial charge >= 0.3 is 0 Å². The van der Waals surface area contributed by atoms with Gasteiger partial charge in [-0.3, -0.25) is 20.0 Å². The van der Waals surface area contributed by atoms with Crippen LogP contribution in [0.5, 0.6) is 5.75 Å². The maximum absolute atomic E-state index is 12.0. The molecule has 1 heterocycles. The standard InChI is InChI=1S/C18H13N5O4/c19-10-13-4-1-2-7-16(13)27-11-18(24)20-17-9-15(21-22-17)12-5-3-6-14(8-12)23(25)26/h1-9H,11H2,(H2,20,21,22,24). The number of aromatic amines is 1. The molecule has 0 radical (unpaired) electrons. The molecule has 0 saturated carbocycles. The maximum atomic E-state index is 12.0. The number of carbonyl (C=O) groups excluding carboxylic acids is 1. The monoisotopic (exact) mass is 363 g/mol. The van der Waals surface area contributed by atoms with Crippen molar-refractivity contribution in [3.8, 4) is 23.1 Å². The number of non-ortho nitro benzene ring substituents is 1. The number of aromatic nitrogens is 2. The first-order chi connectivity index (χ1) is 13.1. The summed E-state index contributed by atoms with van der Waals surface area (Å²) in [6, 6.07) is 16.2. The van der Waals surface area contributed by atoms with Crippen molar-refractivity contribution in [3.63, 3.8) is 0 Å². The van der Waals surface area contributed by atoms with Crippen molar-refractivity contribution in [2.24, 2.45) is 0 Å². The first-order valence-electron chi connectivity index (χ1n) is 7.79. The normalized spacial score (nSPS) is 10.0. The van der Waals surface area contributed by atoms with Crippen LogP contribution in [0.15, 0.2) is 54.6 Å². The summed E-state index contributed by atoms with van der Waals surface area (Å²) in [6.07, 6.45) is 0. The lowest BCUT2D eigenvalue weighted by molar-refractivity contribution is -0.384. The Labute approximate surface area is 153 Å². The zero-order chi connectivity index (χ0) is 19.2. The number of benzene rings is 2. The van der Waals surface area contributed by atoms with Gasteiger partial charge in [-0.15, -0.1) is 0 Å². The van der Waals surface area contributed by atoms with E-state index in [-0.39, 0.29) is 18.1 Å². The summed E-state index contributed by atoms with van der Waals surface area (Å²) in [7, 11) is 0. The Bertz CT molecular complexity index is 1040. The SMILES string of the molecule is N#Cc1ccccc1OCC(=O)Nc1cc(-c2cccc([N+](=O)[O-])c2)[nH]n1. The van der Waals surface area contributed by atoms with Crippen LogP contribution >= 0.6 is 0 Å². The van der Waals surface area contributed by atoms with Crippen molar-refractivity contribution in [3.05, 3.63) is 70.3 Å². The summed E-state index contributed by atoms with van der Waals surface area (Å²) in [5.74, 6) is 0.105. The number of nitriles is 1. The molecule has 0 unspecified atom stereocenters. The average Bonchev–Trinajstić information content (AvgIpc) is 3.15. The number of hydrogen-bond donors (Lipinski definition) is 2. The van der Waals surface area contributed by atoms with Crippen LogP contribution in [0.25, 0.3) is 11.3 Å². The van der Waals surface area contributed by atoms with Gasteiger partial charge in [0.05, 0.1) is 16.2 Å². The maximum Gasteiger partial charge on any atom is 0.270 e. The number of nitrogens with zero attached hydrogens (tertiary/aromatic N) is 3. The highest BCUT2D eigenvalue weighted by Crippen LogP contribution is 2.24. The van der Waals surface area contributed by atoms with E-state index in [0.717, 1.165) is 0 Å². The van der Waals surface area contributed by atoms with Crippen LogP contribution in [-0.4, -0.2) is 27.6 Å². The van der Waals surface area contributed by atoms with E-state index < -0.39 is 10.8 Å². The molecule has 134 valence electrons. The zero-order valence-electron chi connectivity index (χ0n) is 13.9. The van der Waals surface area contributed by atoms with Gasteiger partial charge in [0, 0.05) is 23.8 Å². The molecule has 27 heavy (non-hydrogen) atoms. The minimum absolute atomic E-state index is 0.0442. The van der Waals surface area contributed by atoms with E-state index >= 15 is 0 Å². The van der Waals surface area contributed by atoms with Crippen LogP contribution in [0.2, 0.25) is 0 Å². The summed E-state index contributed by atoms with van der Waals surface area (Å²) in [5.41, 5.74) is 1.37. The Morgan fingerprint density at radius 2 is 2.07 bits per heavy atom. The Kier molecular flexibility index (Phi) is 5.09. The zero-order valence-corrected chi connectivity index (χ0v) is 13.9. The topological polar surface area (TPSA) is 134 Å². The Hall–Kier alpha value is -4.19. The van der Waals surface area contributed by atoms with Crippen LogP contribution in [-0.2, 0) is 4.79 Å². The number of anilines is 1. The highest BCUT2D eigenvalue weighted by atomic mass is 16.6. The van der Waals surface area contributed by atoms with Crippen LogP contribution in [0.4, 0.5) is 11.5 Å². The number of ether oxygens (including phenoxy) is 1. The summed E-state index contributed by atoms with van der Waals surface area (Å²) < 4.78 is 5.35. The van der Waals surface area contributed by atoms with Gasteiger partial charge in [0.2, 0.25) is 0 Å². The van der Waals surface area contributed by atoms with Gasteiger partial charge in [0.1, 0.15) is 11.8 Å². The lowest BCUT2D eigenvalue weighted by Gasteiger charge is -2.06. The molecule has 1 aromatic heterocycles. The number of hydrogen-bond acceptors (Lipinski definition) is 6. The second-order valence-corrected chi connectivity index (χ2v) is 5.42. The van der Waals surface area contributed by atoms with E-state index in [9.17, 15) is 14.9 Å². The lowest BCUT2D eigenvalue weighted by Crippen LogP contribution is -2.20. The number of nitrogens with one attached hydrogen (secondary N) is 2. The van der Waals surface area contributed by atoms with Crippen molar-refractivity contribution in [1.29, 1.82) is 5.26 Å². The van der Waals surface area contributed by atoms with Gasteiger partial charge in [0.25, 0.3) is 11.6 Å². The summed E-state index contributed by atoms with van der Waals surface area (Å²) >= 11 is 0. The molecule has 0 bridgehead atoms. The molecule has 0 spiro atoms. The largest absolute Gasteiger partial charge is 0.482 e.